The van der Waals surface area contributed by atoms with Gasteiger partial charge in [0.1, 0.15) is 5.54 Å². The molecule has 1 aromatic rings. The summed E-state index contributed by atoms with van der Waals surface area (Å²) in [5, 5.41) is 6.32. The Morgan fingerprint density at radius 1 is 1.18 bits per heavy atom. The van der Waals surface area contributed by atoms with Crippen molar-refractivity contribution >= 4 is 17.5 Å². The number of nitrogens with one attached hydrogen (secondary N) is 2. The summed E-state index contributed by atoms with van der Waals surface area (Å²) in [6.07, 6.45) is 1.25. The van der Waals surface area contributed by atoms with Crippen molar-refractivity contribution in [2.24, 2.45) is 0 Å². The van der Waals surface area contributed by atoms with E-state index in [0.717, 1.165) is 29.9 Å². The number of nitrogens with zero attached hydrogens (tertiary/aromatic N) is 1. The lowest BCUT2D eigenvalue weighted by molar-refractivity contribution is -0.143. The zero-order chi connectivity index (χ0) is 16.3. The highest BCUT2D eigenvalue weighted by atomic mass is 16.2. The van der Waals surface area contributed by atoms with Crippen molar-refractivity contribution in [2.45, 2.75) is 39.2 Å². The van der Waals surface area contributed by atoms with E-state index < -0.39 is 5.54 Å². The zero-order valence-electron chi connectivity index (χ0n) is 13.8. The van der Waals surface area contributed by atoms with E-state index in [2.05, 4.69) is 10.6 Å². The lowest BCUT2D eigenvalue weighted by atomic mass is 9.85. The second-order valence-corrected chi connectivity index (χ2v) is 6.08. The van der Waals surface area contributed by atoms with Gasteiger partial charge in [-0.05, 0) is 50.9 Å². The van der Waals surface area contributed by atoms with Crippen LogP contribution in [-0.2, 0) is 9.59 Å². The molecule has 1 aromatic carbocycles. The number of aryl methyl sites for hydroxylation is 2. The van der Waals surface area contributed by atoms with E-state index in [-0.39, 0.29) is 11.8 Å². The maximum Gasteiger partial charge on any atom is 0.250 e. The summed E-state index contributed by atoms with van der Waals surface area (Å²) in [4.78, 5) is 26.5. The highest BCUT2D eigenvalue weighted by molar-refractivity contribution is 6.01. The van der Waals surface area contributed by atoms with Gasteiger partial charge in [-0.3, -0.25) is 9.59 Å². The average molecular weight is 303 g/mol. The molecule has 1 saturated heterocycles. The number of carbonyl (C=O) groups is 2. The Bertz CT molecular complexity index is 557. The zero-order valence-corrected chi connectivity index (χ0v) is 13.8. The van der Waals surface area contributed by atoms with Crippen LogP contribution in [0.4, 0.5) is 5.69 Å². The Morgan fingerprint density at radius 2 is 1.73 bits per heavy atom. The van der Waals surface area contributed by atoms with Crippen LogP contribution in [0.2, 0.25) is 0 Å². The molecule has 2 rings (SSSR count). The van der Waals surface area contributed by atoms with Crippen LogP contribution in [0.25, 0.3) is 0 Å². The van der Waals surface area contributed by atoms with Crippen molar-refractivity contribution in [1.82, 2.24) is 10.2 Å². The van der Waals surface area contributed by atoms with Crippen LogP contribution >= 0.6 is 0 Å². The molecule has 1 fully saturated rings. The van der Waals surface area contributed by atoms with Crippen molar-refractivity contribution in [3.63, 3.8) is 0 Å². The van der Waals surface area contributed by atoms with Crippen LogP contribution in [0.15, 0.2) is 18.2 Å². The van der Waals surface area contributed by atoms with Crippen LogP contribution in [0.1, 0.15) is 30.9 Å². The molecular formula is C17H25N3O2. The fraction of sp³-hybridized carbons (Fsp3) is 0.529. The van der Waals surface area contributed by atoms with Crippen LogP contribution < -0.4 is 10.6 Å². The lowest BCUT2D eigenvalue weighted by Gasteiger charge is -2.43. The fourth-order valence-corrected chi connectivity index (χ4v) is 3.10. The maximum absolute atomic E-state index is 13.0. The number of para-hydroxylation sites is 1. The number of hydrogen-bond acceptors (Lipinski definition) is 3. The third-order valence-electron chi connectivity index (χ3n) is 4.69. The molecule has 5 nitrogen and oxygen atoms in total. The molecular weight excluding hydrogens is 278 g/mol. The second-order valence-electron chi connectivity index (χ2n) is 6.08. The molecule has 1 aliphatic heterocycles. The summed E-state index contributed by atoms with van der Waals surface area (Å²) in [5.41, 5.74) is 2.14. The van der Waals surface area contributed by atoms with E-state index in [4.69, 9.17) is 0 Å². The highest BCUT2D eigenvalue weighted by Gasteiger charge is 2.44. The predicted molar refractivity (Wildman–Crippen MR) is 87.8 cm³/mol. The normalized spacial score (nSPS) is 16.9. The molecule has 0 aromatic heterocycles. The summed E-state index contributed by atoms with van der Waals surface area (Å²) < 4.78 is 0. The van der Waals surface area contributed by atoms with Gasteiger partial charge in [-0.25, -0.2) is 0 Å². The van der Waals surface area contributed by atoms with Gasteiger partial charge in [0, 0.05) is 19.7 Å². The van der Waals surface area contributed by atoms with Crippen molar-refractivity contribution in [1.29, 1.82) is 0 Å². The summed E-state index contributed by atoms with van der Waals surface area (Å²) in [5.74, 6) is -0.178. The molecule has 0 saturated carbocycles. The van der Waals surface area contributed by atoms with Gasteiger partial charge >= 0.3 is 0 Å². The number of anilines is 1. The second kappa shape index (κ2) is 6.48. The number of likely N-dealkylation sites (N-methyl/N-ethyl adjacent to an activating group) is 1. The van der Waals surface area contributed by atoms with Crippen molar-refractivity contribution in [2.75, 3.05) is 25.5 Å². The first kappa shape index (κ1) is 16.5. The smallest absolute Gasteiger partial charge is 0.250 e. The number of benzene rings is 1. The molecule has 2 amide bonds. The molecule has 120 valence electrons. The molecule has 5 heteroatoms. The predicted octanol–water partition coefficient (Wildman–Crippen LogP) is 1.84. The summed E-state index contributed by atoms with van der Waals surface area (Å²) >= 11 is 0. The summed E-state index contributed by atoms with van der Waals surface area (Å²) in [6, 6.07) is 5.93. The molecule has 0 bridgehead atoms. The molecule has 0 aliphatic carbocycles. The van der Waals surface area contributed by atoms with Crippen LogP contribution in [0, 0.1) is 13.8 Å². The SMILES string of the molecule is CC(=O)N(C)C1(C(=O)Nc2c(C)cccc2C)CCNCC1. The minimum Gasteiger partial charge on any atom is -0.331 e. The fourth-order valence-electron chi connectivity index (χ4n) is 3.10. The third-order valence-corrected chi connectivity index (χ3v) is 4.69. The number of amides is 2. The van der Waals surface area contributed by atoms with E-state index in [1.54, 1.807) is 11.9 Å². The Kier molecular flexibility index (Phi) is 4.86. The number of rotatable bonds is 3. The van der Waals surface area contributed by atoms with Crippen molar-refractivity contribution in [3.05, 3.63) is 29.3 Å². The lowest BCUT2D eigenvalue weighted by Crippen LogP contribution is -2.61. The van der Waals surface area contributed by atoms with Gasteiger partial charge in [0.05, 0.1) is 0 Å². The topological polar surface area (TPSA) is 61.4 Å². The minimum absolute atomic E-state index is 0.0847. The molecule has 1 aliphatic rings. The van der Waals surface area contributed by atoms with Gasteiger partial charge in [-0.15, -0.1) is 0 Å². The summed E-state index contributed by atoms with van der Waals surface area (Å²) in [7, 11) is 1.72. The molecule has 0 spiro atoms. The largest absolute Gasteiger partial charge is 0.331 e. The van der Waals surface area contributed by atoms with Crippen LogP contribution in [-0.4, -0.2) is 42.4 Å². The summed E-state index contributed by atoms with van der Waals surface area (Å²) in [6.45, 7) is 6.93. The Morgan fingerprint density at radius 3 is 2.23 bits per heavy atom. The highest BCUT2D eigenvalue weighted by Crippen LogP contribution is 2.29. The molecule has 2 N–H and O–H groups in total. The number of piperidine rings is 1. The van der Waals surface area contributed by atoms with E-state index in [1.165, 1.54) is 6.92 Å². The Labute approximate surface area is 132 Å². The Balaban J connectivity index is 2.32. The molecule has 0 atom stereocenters. The quantitative estimate of drug-likeness (QED) is 0.896. The van der Waals surface area contributed by atoms with Gasteiger partial charge in [0.2, 0.25) is 11.8 Å². The van der Waals surface area contributed by atoms with Crippen molar-refractivity contribution in [3.8, 4) is 0 Å². The van der Waals surface area contributed by atoms with E-state index in [1.807, 2.05) is 32.0 Å². The molecule has 1 heterocycles. The molecule has 0 unspecified atom stereocenters. The molecule has 22 heavy (non-hydrogen) atoms. The van der Waals surface area contributed by atoms with E-state index >= 15 is 0 Å². The van der Waals surface area contributed by atoms with Crippen LogP contribution in [0.3, 0.4) is 0 Å². The Hall–Kier alpha value is -1.88. The van der Waals surface area contributed by atoms with E-state index in [0.29, 0.717) is 12.8 Å². The van der Waals surface area contributed by atoms with Gasteiger partial charge in [0.25, 0.3) is 0 Å². The first-order chi connectivity index (χ1) is 10.4. The number of carbonyl (C=O) groups excluding carboxylic acids is 2. The third kappa shape index (κ3) is 2.99. The van der Waals surface area contributed by atoms with Gasteiger partial charge in [-0.1, -0.05) is 18.2 Å². The van der Waals surface area contributed by atoms with Crippen LogP contribution in [0.5, 0.6) is 0 Å². The van der Waals surface area contributed by atoms with Crippen molar-refractivity contribution < 1.29 is 9.59 Å². The first-order valence-corrected chi connectivity index (χ1v) is 7.71. The maximum atomic E-state index is 13.0. The van der Waals surface area contributed by atoms with E-state index in [9.17, 15) is 9.59 Å². The minimum atomic E-state index is -0.772. The average Bonchev–Trinajstić information content (AvgIpc) is 2.50. The van der Waals surface area contributed by atoms with Gasteiger partial charge < -0.3 is 15.5 Å². The monoisotopic (exact) mass is 303 g/mol. The standard InChI is InChI=1S/C17H25N3O2/c1-12-6-5-7-13(2)15(12)19-16(22)17(20(4)14(3)21)8-10-18-11-9-17/h5-7,18H,8-11H2,1-4H3,(H,19,22). The first-order valence-electron chi connectivity index (χ1n) is 7.71. The molecule has 0 radical (unpaired) electrons. The van der Waals surface area contributed by atoms with Gasteiger partial charge in [-0.2, -0.15) is 0 Å². The van der Waals surface area contributed by atoms with Gasteiger partial charge in [0.15, 0.2) is 0 Å². The number of hydrogen-bond donors (Lipinski definition) is 2.